The number of benzene rings is 2. The SMILES string of the molecule is CCS[C@H]1O[C@H](Cn2cc(CNC(=O)[C@H](CC(=O)OC(C)(C)C)NC(=O)OCC3c4ccccc4-c4ccccc43)nn2)[C@@H](OC(C)=O)[C@H](OC(C)=O)[C@H]1OC(C)=O. The summed E-state index contributed by atoms with van der Waals surface area (Å²) in [7, 11) is 0. The van der Waals surface area contributed by atoms with Gasteiger partial charge in [0.1, 0.15) is 35.5 Å². The number of fused-ring (bicyclic) bond motifs is 3. The van der Waals surface area contributed by atoms with E-state index in [9.17, 15) is 28.8 Å². The Labute approximate surface area is 340 Å². The third kappa shape index (κ3) is 11.6. The van der Waals surface area contributed by atoms with Gasteiger partial charge in [0.05, 0.1) is 25.7 Å². The smallest absolute Gasteiger partial charge is 0.407 e. The van der Waals surface area contributed by atoms with Crippen molar-refractivity contribution in [3.63, 3.8) is 0 Å². The monoisotopic (exact) mass is 823 g/mol. The summed E-state index contributed by atoms with van der Waals surface area (Å²) < 4.78 is 35.4. The molecular formula is C40H49N5O12S. The maximum atomic E-state index is 13.5. The van der Waals surface area contributed by atoms with Crippen LogP contribution in [0.2, 0.25) is 0 Å². The fraction of sp³-hybridized carbons (Fsp3) is 0.500. The lowest BCUT2D eigenvalue weighted by molar-refractivity contribution is -0.233. The quantitative estimate of drug-likeness (QED) is 0.165. The Balaban J connectivity index is 1.26. The van der Waals surface area contributed by atoms with Gasteiger partial charge in [-0.1, -0.05) is 60.7 Å². The molecule has 18 heteroatoms. The van der Waals surface area contributed by atoms with Crippen LogP contribution in [-0.4, -0.2) is 105 Å². The van der Waals surface area contributed by atoms with Crippen LogP contribution in [-0.2, 0) is 65.5 Å². The third-order valence-electron chi connectivity index (χ3n) is 8.97. The molecular weight excluding hydrogens is 775 g/mol. The number of nitrogens with zero attached hydrogens (tertiary/aromatic N) is 3. The number of hydrogen-bond donors (Lipinski definition) is 2. The van der Waals surface area contributed by atoms with E-state index < -0.39 is 83.8 Å². The van der Waals surface area contributed by atoms with Gasteiger partial charge in [-0.05, 0) is 48.8 Å². The molecule has 2 heterocycles. The van der Waals surface area contributed by atoms with E-state index >= 15 is 0 Å². The van der Waals surface area contributed by atoms with E-state index in [-0.39, 0.29) is 25.6 Å². The van der Waals surface area contributed by atoms with E-state index in [0.29, 0.717) is 11.4 Å². The number of nitrogens with one attached hydrogen (secondary N) is 2. The van der Waals surface area contributed by atoms with Gasteiger partial charge in [0, 0.05) is 26.7 Å². The lowest BCUT2D eigenvalue weighted by Crippen LogP contribution is -2.61. The van der Waals surface area contributed by atoms with E-state index in [1.54, 1.807) is 20.8 Å². The van der Waals surface area contributed by atoms with Crippen LogP contribution >= 0.6 is 11.8 Å². The predicted octanol–water partition coefficient (Wildman–Crippen LogP) is 3.81. The largest absolute Gasteiger partial charge is 0.460 e. The molecule has 5 rings (SSSR count). The summed E-state index contributed by atoms with van der Waals surface area (Å²) >= 11 is 1.31. The van der Waals surface area contributed by atoms with Gasteiger partial charge in [-0.25, -0.2) is 9.48 Å². The minimum atomic E-state index is -1.36. The molecule has 0 radical (unpaired) electrons. The number of ether oxygens (including phenoxy) is 6. The maximum Gasteiger partial charge on any atom is 0.407 e. The van der Waals surface area contributed by atoms with Crippen molar-refractivity contribution in [3.05, 3.63) is 71.5 Å². The number of alkyl carbamates (subject to hydrolysis) is 1. The highest BCUT2D eigenvalue weighted by Gasteiger charge is 2.52. The molecule has 1 fully saturated rings. The zero-order valence-corrected chi connectivity index (χ0v) is 34.2. The first-order valence-electron chi connectivity index (χ1n) is 18.8. The molecule has 3 aromatic rings. The summed E-state index contributed by atoms with van der Waals surface area (Å²) in [5, 5.41) is 13.5. The second kappa shape index (κ2) is 19.3. The Morgan fingerprint density at radius 3 is 2.03 bits per heavy atom. The average Bonchev–Trinajstić information content (AvgIpc) is 3.73. The molecule has 0 spiro atoms. The van der Waals surface area contributed by atoms with Crippen LogP contribution in [0.3, 0.4) is 0 Å². The van der Waals surface area contributed by atoms with Gasteiger partial charge in [0.2, 0.25) is 5.91 Å². The third-order valence-corrected chi connectivity index (χ3v) is 10.0. The predicted molar refractivity (Wildman–Crippen MR) is 208 cm³/mol. The van der Waals surface area contributed by atoms with Crippen molar-refractivity contribution in [2.45, 2.75) is 115 Å². The number of carbonyl (C=O) groups excluding carboxylic acids is 6. The summed E-state index contributed by atoms with van der Waals surface area (Å²) in [5.41, 5.74) is 2.80. The fourth-order valence-corrected chi connectivity index (χ4v) is 7.79. The summed E-state index contributed by atoms with van der Waals surface area (Å²) in [6.07, 6.45) is -4.26. The van der Waals surface area contributed by atoms with Crippen molar-refractivity contribution >= 4 is 47.6 Å². The molecule has 17 nitrogen and oxygen atoms in total. The molecule has 2 N–H and O–H groups in total. The topological polar surface area (TPSA) is 213 Å². The van der Waals surface area contributed by atoms with Gasteiger partial charge in [-0.3, -0.25) is 24.0 Å². The molecule has 1 aliphatic heterocycles. The zero-order valence-electron chi connectivity index (χ0n) is 33.4. The maximum absolute atomic E-state index is 13.5. The normalized spacial score (nSPS) is 20.4. The molecule has 0 saturated carbocycles. The van der Waals surface area contributed by atoms with Crippen LogP contribution in [0.4, 0.5) is 4.79 Å². The van der Waals surface area contributed by atoms with E-state index in [2.05, 4.69) is 20.9 Å². The molecule has 2 amide bonds. The van der Waals surface area contributed by atoms with Crippen molar-refractivity contribution < 1.29 is 57.2 Å². The van der Waals surface area contributed by atoms with Crippen molar-refractivity contribution in [1.82, 2.24) is 25.6 Å². The number of amides is 2. The number of aromatic nitrogens is 3. The fourth-order valence-electron chi connectivity index (χ4n) is 6.84. The van der Waals surface area contributed by atoms with Crippen LogP contribution in [0.5, 0.6) is 0 Å². The van der Waals surface area contributed by atoms with Crippen LogP contribution in [0.1, 0.15) is 77.6 Å². The first-order chi connectivity index (χ1) is 27.5. The van der Waals surface area contributed by atoms with E-state index in [4.69, 9.17) is 28.4 Å². The van der Waals surface area contributed by atoms with Crippen molar-refractivity contribution in [3.8, 4) is 11.1 Å². The van der Waals surface area contributed by atoms with E-state index in [0.717, 1.165) is 22.3 Å². The molecule has 2 aromatic carbocycles. The second-order valence-electron chi connectivity index (χ2n) is 14.7. The number of hydrogen-bond acceptors (Lipinski definition) is 15. The first-order valence-corrected chi connectivity index (χ1v) is 19.9. The Morgan fingerprint density at radius 2 is 1.45 bits per heavy atom. The second-order valence-corrected chi connectivity index (χ2v) is 16.1. The van der Waals surface area contributed by atoms with Crippen LogP contribution in [0, 0.1) is 0 Å². The minimum Gasteiger partial charge on any atom is -0.460 e. The molecule has 0 bridgehead atoms. The Hall–Kier alpha value is -5.49. The van der Waals surface area contributed by atoms with Gasteiger partial charge >= 0.3 is 30.0 Å². The standard InChI is InChI=1S/C40H49N5O12S/c1-8-58-38-36(55-24(4)48)35(54-23(3)47)34(53-22(2)46)32(56-38)20-45-19-25(43-44-45)18-41-37(50)31(17-33(49)57-40(5,6)7)42-39(51)52-21-30-28-15-11-9-13-26(28)27-14-10-12-16-29(27)30/h9-16,19,30-32,34-36,38H,8,17-18,20-21H2,1-7H3,(H,41,50)(H,42,51)/t31-,32+,34+,35-,36+,38+/m0/s1. The zero-order chi connectivity index (χ0) is 42.1. The van der Waals surface area contributed by atoms with Crippen LogP contribution in [0.15, 0.2) is 54.7 Å². The molecule has 6 atom stereocenters. The number of rotatable bonds is 15. The molecule has 1 aliphatic carbocycles. The van der Waals surface area contributed by atoms with E-state index in [1.165, 1.54) is 43.4 Å². The van der Waals surface area contributed by atoms with Crippen molar-refractivity contribution in [2.24, 2.45) is 0 Å². The van der Waals surface area contributed by atoms with Gasteiger partial charge in [-0.2, -0.15) is 0 Å². The van der Waals surface area contributed by atoms with Gasteiger partial charge in [-0.15, -0.1) is 16.9 Å². The molecule has 312 valence electrons. The summed E-state index contributed by atoms with van der Waals surface area (Å²) in [4.78, 5) is 76.0. The van der Waals surface area contributed by atoms with Crippen LogP contribution < -0.4 is 10.6 Å². The molecule has 58 heavy (non-hydrogen) atoms. The van der Waals surface area contributed by atoms with Gasteiger partial charge < -0.3 is 39.1 Å². The first kappa shape index (κ1) is 43.6. The minimum absolute atomic E-state index is 0.00330. The highest BCUT2D eigenvalue weighted by molar-refractivity contribution is 7.99. The highest BCUT2D eigenvalue weighted by Crippen LogP contribution is 2.44. The van der Waals surface area contributed by atoms with Crippen molar-refractivity contribution in [1.29, 1.82) is 0 Å². The highest BCUT2D eigenvalue weighted by atomic mass is 32.2. The van der Waals surface area contributed by atoms with E-state index in [1.807, 2.05) is 55.5 Å². The van der Waals surface area contributed by atoms with Crippen molar-refractivity contribution in [2.75, 3.05) is 12.4 Å². The Kier molecular flexibility index (Phi) is 14.5. The molecule has 0 unspecified atom stereocenters. The number of thioether (sulfide) groups is 1. The number of esters is 4. The summed E-state index contributed by atoms with van der Waals surface area (Å²) in [6, 6.07) is 14.4. The van der Waals surface area contributed by atoms with Gasteiger partial charge in [0.15, 0.2) is 18.3 Å². The Bertz CT molecular complexity index is 1940. The Morgan fingerprint density at radius 1 is 0.862 bits per heavy atom. The molecule has 1 aromatic heterocycles. The lowest BCUT2D eigenvalue weighted by atomic mass is 9.98. The molecule has 1 saturated heterocycles. The van der Waals surface area contributed by atoms with Crippen LogP contribution in [0.25, 0.3) is 11.1 Å². The summed E-state index contributed by atoms with van der Waals surface area (Å²) in [5.74, 6) is -3.10. The number of carbonyl (C=O) groups is 6. The summed E-state index contributed by atoms with van der Waals surface area (Å²) in [6.45, 7) is 10.3. The molecule has 2 aliphatic rings. The average molecular weight is 824 g/mol. The lowest BCUT2D eigenvalue weighted by Gasteiger charge is -2.44. The van der Waals surface area contributed by atoms with Gasteiger partial charge in [0.25, 0.3) is 0 Å².